The molecule has 6 amide bonds. The molecule has 22 nitrogen and oxygen atoms in total. The summed E-state index contributed by atoms with van der Waals surface area (Å²) in [5.41, 5.74) is 7.85. The van der Waals surface area contributed by atoms with Gasteiger partial charge in [0.1, 0.15) is 17.9 Å². The molecule has 2 aliphatic rings. The van der Waals surface area contributed by atoms with E-state index in [2.05, 4.69) is 27.1 Å². The Morgan fingerprint density at radius 2 is 1.27 bits per heavy atom. The smallest absolute Gasteiger partial charge is 0.332 e. The molecule has 90 heavy (non-hydrogen) atoms. The lowest BCUT2D eigenvalue weighted by Gasteiger charge is -2.44. The largest absolute Gasteiger partial charge is 0.335 e. The summed E-state index contributed by atoms with van der Waals surface area (Å²) in [6.07, 6.45) is 10.5. The fraction of sp³-hybridized carbons (Fsp3) is 0.176. The number of amides is 6. The summed E-state index contributed by atoms with van der Waals surface area (Å²) in [5.74, 6) is 0.201. The van der Waals surface area contributed by atoms with Crippen molar-refractivity contribution in [2.24, 2.45) is 14.1 Å². The van der Waals surface area contributed by atoms with E-state index < -0.39 is 18.1 Å². The van der Waals surface area contributed by atoms with E-state index in [4.69, 9.17) is 19.9 Å². The minimum atomic E-state index is -1.17. The van der Waals surface area contributed by atoms with Gasteiger partial charge >= 0.3 is 12.1 Å². The fourth-order valence-corrected chi connectivity index (χ4v) is 11.1. The number of anilines is 10. The molecular weight excluding hydrogens is 1130 g/mol. The second kappa shape index (κ2) is 25.4. The molecule has 0 saturated heterocycles. The minimum absolute atomic E-state index is 0.0701. The molecule has 0 spiro atoms. The van der Waals surface area contributed by atoms with Crippen molar-refractivity contribution in [2.45, 2.75) is 25.8 Å². The van der Waals surface area contributed by atoms with Crippen LogP contribution in [0.15, 0.2) is 195 Å². The highest BCUT2D eigenvalue weighted by atomic mass is 16.2. The monoisotopic (exact) mass is 1200 g/mol. The number of urea groups is 2. The van der Waals surface area contributed by atoms with E-state index in [-0.39, 0.29) is 49.3 Å². The summed E-state index contributed by atoms with van der Waals surface area (Å²) in [7, 11) is 11.3. The van der Waals surface area contributed by atoms with Crippen molar-refractivity contribution in [3.63, 3.8) is 0 Å². The summed E-state index contributed by atoms with van der Waals surface area (Å²) < 4.78 is 3.60. The molecule has 2 aliphatic heterocycles. The van der Waals surface area contributed by atoms with Crippen LogP contribution in [0.5, 0.6) is 0 Å². The van der Waals surface area contributed by atoms with Crippen molar-refractivity contribution < 1.29 is 19.2 Å². The van der Waals surface area contributed by atoms with Crippen LogP contribution in [0.4, 0.5) is 67.2 Å². The predicted octanol–water partition coefficient (Wildman–Crippen LogP) is 11.3. The second-order valence-electron chi connectivity index (χ2n) is 22.4. The average Bonchev–Trinajstić information content (AvgIpc) is 1.32. The van der Waals surface area contributed by atoms with Gasteiger partial charge in [0.05, 0.1) is 36.2 Å². The van der Waals surface area contributed by atoms with Crippen molar-refractivity contribution in [1.82, 2.24) is 53.9 Å². The predicted molar refractivity (Wildman–Crippen MR) is 349 cm³/mol. The number of hydrogen-bond acceptors (Lipinski definition) is 14. The molecule has 0 radical (unpaired) electrons. The van der Waals surface area contributed by atoms with Crippen LogP contribution in [-0.4, -0.2) is 119 Å². The number of hydrogen-bond donors (Lipinski definition) is 3. The summed E-state index contributed by atoms with van der Waals surface area (Å²) in [6, 6.07) is 47.7. The van der Waals surface area contributed by atoms with E-state index in [1.54, 1.807) is 98.7 Å². The van der Waals surface area contributed by atoms with Gasteiger partial charge in [0.2, 0.25) is 17.8 Å². The maximum Gasteiger partial charge on any atom is 0.332 e. The quantitative estimate of drug-likeness (QED) is 0.0641. The number of carbonyl (C=O) groups is 4. The number of nitrogens with zero attached hydrogens (tertiary/aromatic N) is 15. The number of aryl methyl sites for hydroxylation is 2. The molecule has 3 N–H and O–H groups in total. The summed E-state index contributed by atoms with van der Waals surface area (Å²) >= 11 is 0. The van der Waals surface area contributed by atoms with Gasteiger partial charge in [-0.15, -0.1) is 0 Å². The minimum Gasteiger partial charge on any atom is -0.335 e. The number of fused-ring (bicyclic) bond motifs is 4. The SMILES string of the molecule is CN(C)C/C=C/C(=O)Nc1cccc(N2C(=O)N(C(c3ccccc3)N(C(=O)/C=C/CN(C)C)c3cccc(N4C(=O)N(Cc5ccccc5)Cc5cnc(Nc6ccc7c(c6)cc(C#N)n7C)nc54)c3)Cc3cnc(Nc4ccc5cnn(C)c5c4)nc32)c1. The fourth-order valence-electron chi connectivity index (χ4n) is 11.1. The maximum atomic E-state index is 16.3. The Bertz CT molecular complexity index is 4480. The van der Waals surface area contributed by atoms with Gasteiger partial charge in [-0.2, -0.15) is 20.3 Å². The van der Waals surface area contributed by atoms with Crippen LogP contribution in [-0.2, 0) is 43.3 Å². The Labute approximate surface area is 519 Å². The van der Waals surface area contributed by atoms with Crippen molar-refractivity contribution in [3.05, 3.63) is 223 Å². The Morgan fingerprint density at radius 1 is 0.633 bits per heavy atom. The maximum absolute atomic E-state index is 16.3. The van der Waals surface area contributed by atoms with Crippen molar-refractivity contribution in [1.29, 1.82) is 5.26 Å². The number of nitrogens with one attached hydrogen (secondary N) is 3. The molecule has 1 atom stereocenters. The van der Waals surface area contributed by atoms with Crippen LogP contribution >= 0.6 is 0 Å². The van der Waals surface area contributed by atoms with E-state index in [0.717, 1.165) is 27.4 Å². The first kappa shape index (κ1) is 58.8. The lowest BCUT2D eigenvalue weighted by molar-refractivity contribution is -0.115. The lowest BCUT2D eigenvalue weighted by Crippen LogP contribution is -2.53. The van der Waals surface area contributed by atoms with Crippen LogP contribution in [0.1, 0.15) is 34.1 Å². The number of nitriles is 1. The highest BCUT2D eigenvalue weighted by molar-refractivity contribution is 6.07. The molecule has 1 unspecified atom stereocenters. The summed E-state index contributed by atoms with van der Waals surface area (Å²) in [4.78, 5) is 92.1. The van der Waals surface area contributed by atoms with Gasteiger partial charge in [0, 0.05) is 108 Å². The van der Waals surface area contributed by atoms with Gasteiger partial charge in [0.25, 0.3) is 5.91 Å². The van der Waals surface area contributed by atoms with Crippen molar-refractivity contribution >= 4 is 103 Å². The average molecular weight is 1200 g/mol. The third-order valence-corrected chi connectivity index (χ3v) is 15.4. The standard InChI is InChI=1S/C68H64N18O4/c1-78(2)31-15-25-60(87)73-51-21-13-22-54(35-51)86-63-50(40-71-66(77-63)75-53-28-27-47-41-72-81(6)59(47)36-53)44-83(68(86)90)64(46-19-11-8-12-20-46)84(61(88)26-16-32-79(3)4)55-23-14-24-56(37-55)85-62-49(43-82(67(85)89)42-45-17-9-7-10-18-45)39-70-65(76-62)74-52-29-30-58-48(33-52)34-57(38-69)80(58)5/h7-30,33-37,39-41,64H,31-32,42-44H2,1-6H3,(H,73,87)(H,70,74,76)(H,71,75,77)/b25-15+,26-16+. The van der Waals surface area contributed by atoms with Crippen molar-refractivity contribution in [2.75, 3.05) is 71.9 Å². The molecule has 450 valence electrons. The Balaban J connectivity index is 0.974. The van der Waals surface area contributed by atoms with Gasteiger partial charge in [-0.3, -0.25) is 24.1 Å². The van der Waals surface area contributed by atoms with Gasteiger partial charge in [0.15, 0.2) is 11.6 Å². The van der Waals surface area contributed by atoms with E-state index >= 15 is 14.4 Å². The molecule has 6 heterocycles. The number of rotatable bonds is 19. The third kappa shape index (κ3) is 12.4. The summed E-state index contributed by atoms with van der Waals surface area (Å²) in [6.45, 7) is 1.38. The van der Waals surface area contributed by atoms with Crippen LogP contribution in [0.2, 0.25) is 0 Å². The molecule has 6 aromatic carbocycles. The zero-order chi connectivity index (χ0) is 62.6. The van der Waals surface area contributed by atoms with E-state index in [1.807, 2.05) is 160 Å². The zero-order valence-electron chi connectivity index (χ0n) is 50.4. The first-order chi connectivity index (χ1) is 43.7. The molecule has 22 heteroatoms. The first-order valence-electron chi connectivity index (χ1n) is 29.1. The van der Waals surface area contributed by atoms with E-state index in [9.17, 15) is 10.1 Å². The normalized spacial score (nSPS) is 13.6. The molecule has 0 saturated carbocycles. The van der Waals surface area contributed by atoms with Crippen LogP contribution in [0.3, 0.4) is 0 Å². The van der Waals surface area contributed by atoms with Gasteiger partial charge < -0.3 is 35.2 Å². The molecular formula is C68H64N18O4. The van der Waals surface area contributed by atoms with Crippen LogP contribution in [0.25, 0.3) is 21.8 Å². The molecule has 0 fully saturated rings. The molecule has 0 bridgehead atoms. The second-order valence-corrected chi connectivity index (χ2v) is 22.4. The lowest BCUT2D eigenvalue weighted by atomic mass is 10.1. The molecule has 4 aromatic heterocycles. The highest BCUT2D eigenvalue weighted by Crippen LogP contribution is 2.43. The number of aromatic nitrogens is 7. The highest BCUT2D eigenvalue weighted by Gasteiger charge is 2.43. The molecule has 12 rings (SSSR count). The number of likely N-dealkylation sites (N-methyl/N-ethyl adjacent to an activating group) is 2. The summed E-state index contributed by atoms with van der Waals surface area (Å²) in [5, 5.41) is 25.6. The van der Waals surface area contributed by atoms with Gasteiger partial charge in [-0.1, -0.05) is 84.9 Å². The third-order valence-electron chi connectivity index (χ3n) is 15.4. The van der Waals surface area contributed by atoms with Gasteiger partial charge in [-0.25, -0.2) is 29.4 Å². The Hall–Kier alpha value is -11.5. The van der Waals surface area contributed by atoms with E-state index in [1.165, 1.54) is 22.0 Å². The molecule has 10 aromatic rings. The van der Waals surface area contributed by atoms with Crippen LogP contribution in [0, 0.1) is 11.3 Å². The van der Waals surface area contributed by atoms with E-state index in [0.29, 0.717) is 75.4 Å². The van der Waals surface area contributed by atoms with Crippen LogP contribution < -0.4 is 30.7 Å². The Kier molecular flexibility index (Phi) is 16.6. The first-order valence-corrected chi connectivity index (χ1v) is 29.1. The van der Waals surface area contributed by atoms with Gasteiger partial charge in [-0.05, 0) is 118 Å². The Morgan fingerprint density at radius 3 is 1.97 bits per heavy atom. The topological polar surface area (TPSA) is 225 Å². The zero-order valence-corrected chi connectivity index (χ0v) is 50.4. The number of benzene rings is 6. The number of carbonyl (C=O) groups excluding carboxylic acids is 4. The van der Waals surface area contributed by atoms with Crippen molar-refractivity contribution in [3.8, 4) is 6.07 Å². The molecule has 0 aliphatic carbocycles.